The monoisotopic (exact) mass is 470 g/mol. The third-order valence-electron chi connectivity index (χ3n) is 6.75. The molecule has 3 heterocycles. The maximum atomic E-state index is 14.8. The number of thiocarbonyl (C=S) groups is 1. The van der Waals surface area contributed by atoms with Crippen LogP contribution in [0.5, 0.6) is 0 Å². The van der Waals surface area contributed by atoms with Gasteiger partial charge >= 0.3 is 0 Å². The first-order chi connectivity index (χ1) is 16.4. The van der Waals surface area contributed by atoms with E-state index in [1.807, 2.05) is 48.7 Å². The van der Waals surface area contributed by atoms with E-state index in [0.29, 0.717) is 10.8 Å². The van der Waals surface area contributed by atoms with Crippen LogP contribution in [-0.4, -0.2) is 14.7 Å². The molecule has 1 saturated heterocycles. The van der Waals surface area contributed by atoms with E-state index < -0.39 is 0 Å². The molecule has 1 fully saturated rings. The molecule has 4 aromatic rings. The van der Waals surface area contributed by atoms with Crippen LogP contribution in [0.15, 0.2) is 72.9 Å². The Bertz CT molecular complexity index is 1380. The van der Waals surface area contributed by atoms with E-state index in [2.05, 4.69) is 53.3 Å². The molecule has 34 heavy (non-hydrogen) atoms. The van der Waals surface area contributed by atoms with E-state index >= 15 is 0 Å². The predicted octanol–water partition coefficient (Wildman–Crippen LogP) is 6.42. The predicted molar refractivity (Wildman–Crippen MR) is 139 cm³/mol. The van der Waals surface area contributed by atoms with Crippen molar-refractivity contribution in [2.75, 3.05) is 4.90 Å². The second-order valence-corrected chi connectivity index (χ2v) is 9.27. The minimum absolute atomic E-state index is 0.142. The molecule has 0 radical (unpaired) electrons. The fourth-order valence-corrected chi connectivity index (χ4v) is 5.26. The number of benzene rings is 2. The Hall–Kier alpha value is -3.51. The SMILES string of the molecule is Cc1ccc(N2C(=S)N[C@@H](c3ccccn3)[C@H]2c2cc(C)n(-c3ccccc3F)c2C)cc1C. The fourth-order valence-electron chi connectivity index (χ4n) is 4.92. The van der Waals surface area contributed by atoms with Crippen molar-refractivity contribution in [2.45, 2.75) is 39.8 Å². The van der Waals surface area contributed by atoms with Gasteiger partial charge < -0.3 is 14.8 Å². The van der Waals surface area contributed by atoms with Gasteiger partial charge in [-0.25, -0.2) is 4.39 Å². The van der Waals surface area contributed by atoms with E-state index in [-0.39, 0.29) is 17.9 Å². The molecule has 2 aromatic heterocycles. The zero-order valence-corrected chi connectivity index (χ0v) is 20.5. The number of anilines is 1. The Morgan fingerprint density at radius 3 is 2.38 bits per heavy atom. The molecule has 2 atom stereocenters. The van der Waals surface area contributed by atoms with E-state index in [1.54, 1.807) is 12.3 Å². The molecular formula is C28H27FN4S. The number of hydrogen-bond acceptors (Lipinski definition) is 2. The first kappa shape index (κ1) is 22.3. The highest BCUT2D eigenvalue weighted by atomic mass is 32.1. The van der Waals surface area contributed by atoms with Gasteiger partial charge in [0, 0.05) is 23.3 Å². The Balaban J connectivity index is 1.70. The lowest BCUT2D eigenvalue weighted by molar-refractivity contribution is 0.564. The Morgan fingerprint density at radius 2 is 1.68 bits per heavy atom. The van der Waals surface area contributed by atoms with E-state index in [4.69, 9.17) is 12.2 Å². The van der Waals surface area contributed by atoms with Gasteiger partial charge in [-0.15, -0.1) is 0 Å². The largest absolute Gasteiger partial charge is 0.351 e. The summed E-state index contributed by atoms with van der Waals surface area (Å²) in [6.45, 7) is 8.28. The second kappa shape index (κ2) is 8.69. The molecule has 0 bridgehead atoms. The van der Waals surface area contributed by atoms with Crippen LogP contribution in [-0.2, 0) is 0 Å². The number of pyridine rings is 1. The number of hydrogen-bond donors (Lipinski definition) is 1. The molecule has 1 N–H and O–H groups in total. The summed E-state index contributed by atoms with van der Waals surface area (Å²) in [7, 11) is 0. The quantitative estimate of drug-likeness (QED) is 0.349. The van der Waals surface area contributed by atoms with Crippen molar-refractivity contribution in [1.29, 1.82) is 0 Å². The molecule has 5 rings (SSSR count). The van der Waals surface area contributed by atoms with Crippen molar-refractivity contribution in [1.82, 2.24) is 14.9 Å². The molecule has 0 spiro atoms. The molecule has 6 heteroatoms. The molecule has 0 amide bonds. The molecule has 172 valence electrons. The van der Waals surface area contributed by atoms with Crippen LogP contribution in [0.3, 0.4) is 0 Å². The van der Waals surface area contributed by atoms with E-state index in [0.717, 1.165) is 28.3 Å². The number of halogens is 1. The average molecular weight is 471 g/mol. The molecule has 0 aliphatic carbocycles. The topological polar surface area (TPSA) is 33.1 Å². The fraction of sp³-hybridized carbons (Fsp3) is 0.214. The lowest BCUT2D eigenvalue weighted by Crippen LogP contribution is -2.29. The zero-order chi connectivity index (χ0) is 24.0. The molecule has 0 unspecified atom stereocenters. The van der Waals surface area contributed by atoms with Crippen molar-refractivity contribution in [3.8, 4) is 5.69 Å². The van der Waals surface area contributed by atoms with Crippen molar-refractivity contribution < 1.29 is 4.39 Å². The highest BCUT2D eigenvalue weighted by Gasteiger charge is 2.42. The zero-order valence-electron chi connectivity index (χ0n) is 19.7. The number of aryl methyl sites for hydroxylation is 3. The lowest BCUT2D eigenvalue weighted by atomic mass is 9.96. The van der Waals surface area contributed by atoms with Gasteiger partial charge in [-0.2, -0.15) is 0 Å². The van der Waals surface area contributed by atoms with Gasteiger partial charge in [0.1, 0.15) is 5.82 Å². The van der Waals surface area contributed by atoms with E-state index in [9.17, 15) is 4.39 Å². The van der Waals surface area contributed by atoms with Crippen molar-refractivity contribution in [2.24, 2.45) is 0 Å². The van der Waals surface area contributed by atoms with Crippen molar-refractivity contribution in [3.63, 3.8) is 0 Å². The van der Waals surface area contributed by atoms with Crippen LogP contribution in [0.4, 0.5) is 10.1 Å². The Labute approximate surface area is 205 Å². The summed E-state index contributed by atoms with van der Waals surface area (Å²) in [5, 5.41) is 4.17. The molecule has 1 aliphatic heterocycles. The third kappa shape index (κ3) is 3.68. The number of aromatic nitrogens is 2. The van der Waals surface area contributed by atoms with Crippen LogP contribution in [0.25, 0.3) is 5.69 Å². The Kier molecular flexibility index (Phi) is 5.70. The van der Waals surface area contributed by atoms with Crippen LogP contribution >= 0.6 is 12.2 Å². The lowest BCUT2D eigenvalue weighted by Gasteiger charge is -2.28. The molecule has 2 aromatic carbocycles. The summed E-state index contributed by atoms with van der Waals surface area (Å²) in [4.78, 5) is 6.82. The van der Waals surface area contributed by atoms with Gasteiger partial charge in [0.15, 0.2) is 5.11 Å². The number of rotatable bonds is 4. The maximum Gasteiger partial charge on any atom is 0.174 e. The van der Waals surface area contributed by atoms with Crippen LogP contribution in [0, 0.1) is 33.5 Å². The van der Waals surface area contributed by atoms with Crippen LogP contribution in [0.1, 0.15) is 45.9 Å². The van der Waals surface area contributed by atoms with Gasteiger partial charge in [0.05, 0.1) is 23.5 Å². The van der Waals surface area contributed by atoms with Gasteiger partial charge in [-0.1, -0.05) is 24.3 Å². The molecule has 1 aliphatic rings. The Morgan fingerprint density at radius 1 is 0.912 bits per heavy atom. The summed E-state index contributed by atoms with van der Waals surface area (Å²) >= 11 is 5.87. The highest BCUT2D eigenvalue weighted by Crippen LogP contribution is 2.44. The van der Waals surface area contributed by atoms with E-state index in [1.165, 1.54) is 17.2 Å². The standard InChI is InChI=1S/C28H27FN4S/c1-17-12-13-21(15-18(17)2)33-27(26(31-28(33)34)24-10-7-8-14-30-24)22-16-19(3)32(20(22)4)25-11-6-5-9-23(25)29/h5-16,26-27H,1-4H3,(H,31,34)/t26-,27+/m0/s1. The minimum Gasteiger partial charge on any atom is -0.351 e. The molecule has 0 saturated carbocycles. The summed E-state index contributed by atoms with van der Waals surface area (Å²) in [6, 6.07) is 21.1. The second-order valence-electron chi connectivity index (χ2n) is 8.88. The molecule has 4 nitrogen and oxygen atoms in total. The van der Waals surface area contributed by atoms with Gasteiger partial charge in [0.25, 0.3) is 0 Å². The first-order valence-corrected chi connectivity index (χ1v) is 11.8. The third-order valence-corrected chi connectivity index (χ3v) is 7.06. The average Bonchev–Trinajstić information content (AvgIpc) is 3.32. The summed E-state index contributed by atoms with van der Waals surface area (Å²) < 4.78 is 16.8. The van der Waals surface area contributed by atoms with Gasteiger partial charge in [-0.3, -0.25) is 4.98 Å². The first-order valence-electron chi connectivity index (χ1n) is 11.4. The molecular weight excluding hydrogens is 443 g/mol. The summed E-state index contributed by atoms with van der Waals surface area (Å²) in [6.07, 6.45) is 1.80. The normalized spacial score (nSPS) is 17.8. The van der Waals surface area contributed by atoms with Gasteiger partial charge in [-0.05, 0) is 99.1 Å². The number of para-hydroxylation sites is 1. The minimum atomic E-state index is -0.247. The smallest absolute Gasteiger partial charge is 0.174 e. The summed E-state index contributed by atoms with van der Waals surface area (Å²) in [5.74, 6) is -0.247. The van der Waals surface area contributed by atoms with Crippen LogP contribution in [0.2, 0.25) is 0 Å². The van der Waals surface area contributed by atoms with Crippen LogP contribution < -0.4 is 10.2 Å². The van der Waals surface area contributed by atoms with Crippen molar-refractivity contribution in [3.05, 3.63) is 113 Å². The number of nitrogens with zero attached hydrogens (tertiary/aromatic N) is 3. The van der Waals surface area contributed by atoms with Crippen molar-refractivity contribution >= 4 is 23.0 Å². The highest BCUT2D eigenvalue weighted by molar-refractivity contribution is 7.80. The summed E-state index contributed by atoms with van der Waals surface area (Å²) in [5.41, 5.74) is 7.96. The number of nitrogens with one attached hydrogen (secondary N) is 1. The maximum absolute atomic E-state index is 14.8. The van der Waals surface area contributed by atoms with Gasteiger partial charge in [0.2, 0.25) is 0 Å².